The van der Waals surface area contributed by atoms with Gasteiger partial charge in [-0.05, 0) is 61.4 Å². The molecular weight excluding hydrogens is 394 g/mol. The Hall–Kier alpha value is -3.07. The van der Waals surface area contributed by atoms with Crippen molar-refractivity contribution in [2.45, 2.75) is 13.8 Å². The maximum absolute atomic E-state index is 12.1. The number of hydrogen-bond donors (Lipinski definition) is 3. The van der Waals surface area contributed by atoms with Gasteiger partial charge in [0, 0.05) is 24.3 Å². The Kier molecular flexibility index (Phi) is 7.60. The first-order chi connectivity index (χ1) is 13.6. The monoisotopic (exact) mass is 419 g/mol. The SMILES string of the molecule is Cc1ccc(OCC(=O)NCCNC(=O)c2ccc(NS(C)(=O)=O)cc2)cc1C. The normalized spacial score (nSPS) is 10.9. The molecule has 156 valence electrons. The zero-order valence-corrected chi connectivity index (χ0v) is 17.4. The lowest BCUT2D eigenvalue weighted by Gasteiger charge is -2.10. The van der Waals surface area contributed by atoms with Crippen molar-refractivity contribution in [3.8, 4) is 5.75 Å². The maximum Gasteiger partial charge on any atom is 0.258 e. The van der Waals surface area contributed by atoms with Gasteiger partial charge in [-0.25, -0.2) is 8.42 Å². The van der Waals surface area contributed by atoms with Crippen molar-refractivity contribution in [2.75, 3.05) is 30.7 Å². The molecule has 0 aliphatic rings. The highest BCUT2D eigenvalue weighted by Gasteiger charge is 2.08. The molecule has 9 heteroatoms. The van der Waals surface area contributed by atoms with E-state index in [4.69, 9.17) is 4.74 Å². The van der Waals surface area contributed by atoms with Crippen LogP contribution in [0.3, 0.4) is 0 Å². The summed E-state index contributed by atoms with van der Waals surface area (Å²) in [5, 5.41) is 5.34. The van der Waals surface area contributed by atoms with E-state index in [1.165, 1.54) is 24.3 Å². The van der Waals surface area contributed by atoms with Gasteiger partial charge >= 0.3 is 0 Å². The van der Waals surface area contributed by atoms with Crippen molar-refractivity contribution < 1.29 is 22.7 Å². The van der Waals surface area contributed by atoms with Gasteiger partial charge in [0.1, 0.15) is 5.75 Å². The molecule has 0 saturated carbocycles. The first kappa shape index (κ1) is 22.2. The standard InChI is InChI=1S/C20H25N3O5S/c1-14-4-9-18(12-15(14)2)28-13-19(24)21-10-11-22-20(25)16-5-7-17(8-6-16)23-29(3,26)27/h4-9,12,23H,10-11,13H2,1-3H3,(H,21,24)(H,22,25). The summed E-state index contributed by atoms with van der Waals surface area (Å²) in [4.78, 5) is 23.9. The summed E-state index contributed by atoms with van der Waals surface area (Å²) in [6.07, 6.45) is 1.05. The number of hydrogen-bond acceptors (Lipinski definition) is 5. The number of ether oxygens (including phenoxy) is 1. The van der Waals surface area contributed by atoms with Crippen molar-refractivity contribution in [1.29, 1.82) is 0 Å². The van der Waals surface area contributed by atoms with Gasteiger partial charge in [0.05, 0.1) is 6.26 Å². The third kappa shape index (κ3) is 7.82. The zero-order chi connectivity index (χ0) is 21.4. The fourth-order valence-corrected chi connectivity index (χ4v) is 2.95. The van der Waals surface area contributed by atoms with Gasteiger partial charge in [-0.1, -0.05) is 6.07 Å². The molecule has 8 nitrogen and oxygen atoms in total. The molecule has 0 atom stereocenters. The third-order valence-corrected chi connectivity index (χ3v) is 4.64. The zero-order valence-electron chi connectivity index (χ0n) is 16.6. The van der Waals surface area contributed by atoms with Crippen LogP contribution in [0, 0.1) is 13.8 Å². The summed E-state index contributed by atoms with van der Waals surface area (Å²) >= 11 is 0. The second kappa shape index (κ2) is 9.92. The van der Waals surface area contributed by atoms with E-state index < -0.39 is 10.0 Å². The summed E-state index contributed by atoms with van der Waals surface area (Å²) in [5.74, 6) is 0.0237. The van der Waals surface area contributed by atoms with E-state index in [0.717, 1.165) is 17.4 Å². The fraction of sp³-hybridized carbons (Fsp3) is 0.300. The topological polar surface area (TPSA) is 114 Å². The van der Waals surface area contributed by atoms with Crippen LogP contribution >= 0.6 is 0 Å². The lowest BCUT2D eigenvalue weighted by Crippen LogP contribution is -2.36. The molecule has 0 heterocycles. The Bertz CT molecular complexity index is 972. The van der Waals surface area contributed by atoms with Crippen molar-refractivity contribution in [1.82, 2.24) is 10.6 Å². The van der Waals surface area contributed by atoms with Crippen LogP contribution in [0.15, 0.2) is 42.5 Å². The number of carbonyl (C=O) groups is 2. The summed E-state index contributed by atoms with van der Waals surface area (Å²) in [6, 6.07) is 11.6. The summed E-state index contributed by atoms with van der Waals surface area (Å²) in [5.41, 5.74) is 3.00. The predicted molar refractivity (Wildman–Crippen MR) is 112 cm³/mol. The molecule has 0 unspecified atom stereocenters. The number of carbonyl (C=O) groups excluding carboxylic acids is 2. The molecule has 0 spiro atoms. The van der Waals surface area contributed by atoms with E-state index in [1.807, 2.05) is 32.0 Å². The molecule has 2 amide bonds. The van der Waals surface area contributed by atoms with Crippen LogP contribution < -0.4 is 20.1 Å². The molecule has 3 N–H and O–H groups in total. The second-order valence-electron chi connectivity index (χ2n) is 6.59. The molecule has 0 bridgehead atoms. The summed E-state index contributed by atoms with van der Waals surface area (Å²) < 4.78 is 30.1. The first-order valence-corrected chi connectivity index (χ1v) is 10.9. The van der Waals surface area contributed by atoms with Crippen LogP contribution in [-0.2, 0) is 14.8 Å². The number of rotatable bonds is 9. The summed E-state index contributed by atoms with van der Waals surface area (Å²) in [6.45, 7) is 4.37. The van der Waals surface area contributed by atoms with Gasteiger partial charge < -0.3 is 15.4 Å². The Balaban J connectivity index is 1.69. The molecule has 0 aliphatic carbocycles. The Morgan fingerprint density at radius 1 is 0.931 bits per heavy atom. The minimum atomic E-state index is -3.36. The molecule has 0 radical (unpaired) electrons. The molecule has 0 saturated heterocycles. The highest BCUT2D eigenvalue weighted by Crippen LogP contribution is 2.16. The minimum Gasteiger partial charge on any atom is -0.484 e. The number of nitrogens with one attached hydrogen (secondary N) is 3. The van der Waals surface area contributed by atoms with Gasteiger partial charge in [-0.3, -0.25) is 14.3 Å². The molecule has 2 rings (SSSR count). The largest absolute Gasteiger partial charge is 0.484 e. The lowest BCUT2D eigenvalue weighted by molar-refractivity contribution is -0.123. The van der Waals surface area contributed by atoms with E-state index in [1.54, 1.807) is 0 Å². The number of benzene rings is 2. The molecule has 0 aliphatic heterocycles. The van der Waals surface area contributed by atoms with Crippen LogP contribution in [0.1, 0.15) is 21.5 Å². The van der Waals surface area contributed by atoms with E-state index in [-0.39, 0.29) is 31.5 Å². The number of amides is 2. The van der Waals surface area contributed by atoms with Crippen LogP contribution in [-0.4, -0.2) is 46.2 Å². The quantitative estimate of drug-likeness (QED) is 0.534. The average molecular weight is 420 g/mol. The number of sulfonamides is 1. The highest BCUT2D eigenvalue weighted by molar-refractivity contribution is 7.92. The minimum absolute atomic E-state index is 0.106. The Labute approximate surface area is 170 Å². The average Bonchev–Trinajstić information content (AvgIpc) is 2.65. The second-order valence-corrected chi connectivity index (χ2v) is 8.34. The predicted octanol–water partition coefficient (Wildman–Crippen LogP) is 1.60. The van der Waals surface area contributed by atoms with E-state index >= 15 is 0 Å². The van der Waals surface area contributed by atoms with Crippen molar-refractivity contribution in [2.24, 2.45) is 0 Å². The van der Waals surface area contributed by atoms with E-state index in [2.05, 4.69) is 15.4 Å². The molecule has 0 aromatic heterocycles. The molecule has 29 heavy (non-hydrogen) atoms. The number of anilines is 1. The highest BCUT2D eigenvalue weighted by atomic mass is 32.2. The lowest BCUT2D eigenvalue weighted by atomic mass is 10.1. The maximum atomic E-state index is 12.1. The summed E-state index contributed by atoms with van der Waals surface area (Å²) in [7, 11) is -3.36. The Morgan fingerprint density at radius 3 is 2.21 bits per heavy atom. The Morgan fingerprint density at radius 2 is 1.59 bits per heavy atom. The molecule has 0 fully saturated rings. The van der Waals surface area contributed by atoms with E-state index in [9.17, 15) is 18.0 Å². The number of aryl methyl sites for hydroxylation is 2. The van der Waals surface area contributed by atoms with Crippen LogP contribution in [0.4, 0.5) is 5.69 Å². The van der Waals surface area contributed by atoms with Crippen molar-refractivity contribution >= 4 is 27.5 Å². The first-order valence-electron chi connectivity index (χ1n) is 8.97. The van der Waals surface area contributed by atoms with Gasteiger partial charge in [-0.2, -0.15) is 0 Å². The fourth-order valence-electron chi connectivity index (χ4n) is 2.39. The van der Waals surface area contributed by atoms with Gasteiger partial charge in [0.15, 0.2) is 6.61 Å². The van der Waals surface area contributed by atoms with Gasteiger partial charge in [-0.15, -0.1) is 0 Å². The molecule has 2 aromatic rings. The van der Waals surface area contributed by atoms with Crippen LogP contribution in [0.2, 0.25) is 0 Å². The smallest absolute Gasteiger partial charge is 0.258 e. The van der Waals surface area contributed by atoms with Crippen LogP contribution in [0.5, 0.6) is 5.75 Å². The van der Waals surface area contributed by atoms with Gasteiger partial charge in [0.2, 0.25) is 10.0 Å². The van der Waals surface area contributed by atoms with Crippen molar-refractivity contribution in [3.63, 3.8) is 0 Å². The molecular formula is C20H25N3O5S. The molecule has 2 aromatic carbocycles. The van der Waals surface area contributed by atoms with Crippen LogP contribution in [0.25, 0.3) is 0 Å². The van der Waals surface area contributed by atoms with Crippen molar-refractivity contribution in [3.05, 3.63) is 59.2 Å². The third-order valence-electron chi connectivity index (χ3n) is 4.03. The van der Waals surface area contributed by atoms with Gasteiger partial charge in [0.25, 0.3) is 11.8 Å². The van der Waals surface area contributed by atoms with E-state index in [0.29, 0.717) is 17.0 Å².